The Morgan fingerprint density at radius 3 is 2.67 bits per heavy atom. The molecule has 1 unspecified atom stereocenters. The van der Waals surface area contributed by atoms with Gasteiger partial charge in [-0.3, -0.25) is 0 Å². The molecule has 0 spiro atoms. The fourth-order valence-electron chi connectivity index (χ4n) is 3.69. The van der Waals surface area contributed by atoms with Crippen molar-refractivity contribution in [3.05, 3.63) is 52.9 Å². The van der Waals surface area contributed by atoms with Gasteiger partial charge in [0.25, 0.3) is 0 Å². The molecule has 0 radical (unpaired) electrons. The summed E-state index contributed by atoms with van der Waals surface area (Å²) in [7, 11) is -2.94. The number of anilines is 2. The largest absolute Gasteiger partial charge is 0.344 e. The third kappa shape index (κ3) is 3.64. The van der Waals surface area contributed by atoms with E-state index in [9.17, 15) is 12.8 Å². The van der Waals surface area contributed by atoms with E-state index in [2.05, 4.69) is 20.9 Å². The van der Waals surface area contributed by atoms with Crippen molar-refractivity contribution < 1.29 is 12.8 Å². The highest BCUT2D eigenvalue weighted by atomic mass is 32.2. The Bertz CT molecular complexity index is 1080. The van der Waals surface area contributed by atoms with Crippen LogP contribution in [0.2, 0.25) is 0 Å². The maximum Gasteiger partial charge on any atom is 0.187 e. The minimum Gasteiger partial charge on any atom is -0.344 e. The van der Waals surface area contributed by atoms with Gasteiger partial charge in [-0.15, -0.1) is 11.3 Å². The van der Waals surface area contributed by atoms with Crippen LogP contribution in [-0.2, 0) is 9.84 Å². The number of hydrogen-bond acceptors (Lipinski definition) is 5. The molecule has 8 heteroatoms. The predicted octanol–water partition coefficient (Wildman–Crippen LogP) is 4.47. The summed E-state index contributed by atoms with van der Waals surface area (Å²) in [6, 6.07) is 8.21. The summed E-state index contributed by atoms with van der Waals surface area (Å²) in [6.07, 6.45) is 0.659. The lowest BCUT2D eigenvalue weighted by atomic mass is 10.2. The summed E-state index contributed by atoms with van der Waals surface area (Å²) in [6.45, 7) is 4.02. The van der Waals surface area contributed by atoms with E-state index >= 15 is 0 Å². The van der Waals surface area contributed by atoms with E-state index in [1.54, 1.807) is 12.1 Å². The smallest absolute Gasteiger partial charge is 0.187 e. The second-order valence-corrected chi connectivity index (χ2v) is 9.97. The van der Waals surface area contributed by atoms with Crippen LogP contribution < -0.4 is 5.32 Å². The molecule has 1 fully saturated rings. The number of thiazole rings is 1. The third-order valence-corrected chi connectivity index (χ3v) is 7.44. The first-order valence-electron chi connectivity index (χ1n) is 8.70. The summed E-state index contributed by atoms with van der Waals surface area (Å²) >= 11 is 1.48. The van der Waals surface area contributed by atoms with Gasteiger partial charge < -0.3 is 9.88 Å². The highest BCUT2D eigenvalue weighted by Crippen LogP contribution is 2.35. The summed E-state index contributed by atoms with van der Waals surface area (Å²) in [5, 5.41) is 5.88. The number of rotatable bonds is 4. The van der Waals surface area contributed by atoms with Crippen molar-refractivity contribution in [3.63, 3.8) is 0 Å². The van der Waals surface area contributed by atoms with Crippen molar-refractivity contribution >= 4 is 32.0 Å². The second-order valence-electron chi connectivity index (χ2n) is 6.88. The molecule has 1 aliphatic heterocycles. The molecule has 0 aliphatic carbocycles. The average molecular weight is 406 g/mol. The molecule has 27 heavy (non-hydrogen) atoms. The quantitative estimate of drug-likeness (QED) is 0.696. The lowest BCUT2D eigenvalue weighted by Crippen LogP contribution is -2.13. The van der Waals surface area contributed by atoms with Gasteiger partial charge >= 0.3 is 0 Å². The van der Waals surface area contributed by atoms with Crippen LogP contribution in [0.4, 0.5) is 15.2 Å². The number of sulfone groups is 1. The fraction of sp³-hybridized carbons (Fsp3) is 0.316. The molecule has 4 rings (SSSR count). The number of benzene rings is 1. The molecule has 0 amide bonds. The van der Waals surface area contributed by atoms with Crippen molar-refractivity contribution in [2.75, 3.05) is 16.8 Å². The molecule has 142 valence electrons. The minimum absolute atomic E-state index is 0.000744. The Morgan fingerprint density at radius 1 is 1.26 bits per heavy atom. The van der Waals surface area contributed by atoms with Crippen LogP contribution >= 0.6 is 11.3 Å². The molecular weight excluding hydrogens is 385 g/mol. The van der Waals surface area contributed by atoms with E-state index < -0.39 is 9.84 Å². The first-order valence-corrected chi connectivity index (χ1v) is 11.4. The SMILES string of the molecule is Cc1cc(-c2csc(Nc3ccc(F)cc3)n2)c(C)n1C1CCS(=O)(=O)C1. The van der Waals surface area contributed by atoms with Crippen LogP contribution in [0, 0.1) is 19.7 Å². The van der Waals surface area contributed by atoms with E-state index in [1.165, 1.54) is 23.5 Å². The summed E-state index contributed by atoms with van der Waals surface area (Å²) < 4.78 is 38.9. The number of aromatic nitrogens is 2. The van der Waals surface area contributed by atoms with Crippen LogP contribution in [0.5, 0.6) is 0 Å². The number of nitrogens with zero attached hydrogens (tertiary/aromatic N) is 2. The van der Waals surface area contributed by atoms with Crippen molar-refractivity contribution in [1.82, 2.24) is 9.55 Å². The molecule has 0 bridgehead atoms. The van der Waals surface area contributed by atoms with Crippen LogP contribution in [0.1, 0.15) is 23.9 Å². The molecule has 3 heterocycles. The molecule has 2 aromatic heterocycles. The third-order valence-electron chi connectivity index (χ3n) is 4.93. The average Bonchev–Trinajstić information content (AvgIpc) is 3.28. The number of halogens is 1. The van der Waals surface area contributed by atoms with Crippen LogP contribution in [0.15, 0.2) is 35.7 Å². The van der Waals surface area contributed by atoms with E-state index in [0.717, 1.165) is 33.5 Å². The Hall–Kier alpha value is -2.19. The number of hydrogen-bond donors (Lipinski definition) is 1. The van der Waals surface area contributed by atoms with Crippen LogP contribution in [0.3, 0.4) is 0 Å². The molecule has 1 N–H and O–H groups in total. The molecule has 1 aromatic carbocycles. The standard InChI is InChI=1S/C19H20FN3O2S2/c1-12-9-17(13(2)23(12)16-7-8-27(24,25)11-16)18-10-26-19(22-18)21-15-5-3-14(20)4-6-15/h3-6,9-10,16H,7-8,11H2,1-2H3,(H,21,22). The van der Waals surface area contributed by atoms with Gasteiger partial charge in [0.2, 0.25) is 0 Å². The first kappa shape index (κ1) is 18.2. The molecule has 5 nitrogen and oxygen atoms in total. The van der Waals surface area contributed by atoms with Gasteiger partial charge in [-0.1, -0.05) is 0 Å². The molecule has 1 saturated heterocycles. The molecule has 1 aliphatic rings. The van der Waals surface area contributed by atoms with Crippen molar-refractivity contribution in [2.45, 2.75) is 26.3 Å². The maximum atomic E-state index is 13.0. The van der Waals surface area contributed by atoms with Crippen LogP contribution in [0.25, 0.3) is 11.3 Å². The Balaban J connectivity index is 1.60. The minimum atomic E-state index is -2.94. The van der Waals surface area contributed by atoms with Gasteiger partial charge in [-0.05, 0) is 50.6 Å². The summed E-state index contributed by atoms with van der Waals surface area (Å²) in [5.74, 6) is 0.186. The number of aryl methyl sites for hydroxylation is 1. The topological polar surface area (TPSA) is 64.0 Å². The second kappa shape index (κ2) is 6.76. The van der Waals surface area contributed by atoms with Crippen molar-refractivity contribution in [2.24, 2.45) is 0 Å². The van der Waals surface area contributed by atoms with Gasteiger partial charge in [0.15, 0.2) is 15.0 Å². The monoisotopic (exact) mass is 405 g/mol. The molecule has 1 atom stereocenters. The van der Waals surface area contributed by atoms with E-state index in [1.807, 2.05) is 19.2 Å². The first-order chi connectivity index (χ1) is 12.8. The molecule has 0 saturated carbocycles. The van der Waals surface area contributed by atoms with Gasteiger partial charge in [-0.2, -0.15) is 0 Å². The van der Waals surface area contributed by atoms with Crippen molar-refractivity contribution in [3.8, 4) is 11.3 Å². The van der Waals surface area contributed by atoms with E-state index in [0.29, 0.717) is 6.42 Å². The lowest BCUT2D eigenvalue weighted by Gasteiger charge is -2.16. The molecule has 3 aromatic rings. The summed E-state index contributed by atoms with van der Waals surface area (Å²) in [4.78, 5) is 4.65. The van der Waals surface area contributed by atoms with Gasteiger partial charge in [-0.25, -0.2) is 17.8 Å². The zero-order chi connectivity index (χ0) is 19.2. The highest BCUT2D eigenvalue weighted by molar-refractivity contribution is 7.91. The van der Waals surface area contributed by atoms with Gasteiger partial charge in [0, 0.05) is 34.1 Å². The van der Waals surface area contributed by atoms with E-state index in [4.69, 9.17) is 0 Å². The lowest BCUT2D eigenvalue weighted by molar-refractivity contribution is 0.536. The van der Waals surface area contributed by atoms with Crippen molar-refractivity contribution in [1.29, 1.82) is 0 Å². The Labute approximate surface area is 161 Å². The normalized spacial score (nSPS) is 18.7. The predicted molar refractivity (Wildman–Crippen MR) is 107 cm³/mol. The zero-order valence-electron chi connectivity index (χ0n) is 15.1. The Morgan fingerprint density at radius 2 is 2.00 bits per heavy atom. The zero-order valence-corrected chi connectivity index (χ0v) is 16.7. The summed E-state index contributed by atoms with van der Waals surface area (Å²) in [5.41, 5.74) is 4.72. The van der Waals surface area contributed by atoms with Gasteiger partial charge in [0.1, 0.15) is 5.82 Å². The Kier molecular flexibility index (Phi) is 4.55. The van der Waals surface area contributed by atoms with E-state index in [-0.39, 0.29) is 23.4 Å². The maximum absolute atomic E-state index is 13.0. The molecular formula is C19H20FN3O2S2. The van der Waals surface area contributed by atoms with Crippen LogP contribution in [-0.4, -0.2) is 29.5 Å². The van der Waals surface area contributed by atoms with Gasteiger partial charge in [0.05, 0.1) is 17.2 Å². The number of nitrogens with one attached hydrogen (secondary N) is 1. The fourth-order valence-corrected chi connectivity index (χ4v) is 6.12. The highest BCUT2D eigenvalue weighted by Gasteiger charge is 2.31.